The second-order valence-corrected chi connectivity index (χ2v) is 8.06. The van der Waals surface area contributed by atoms with Crippen molar-refractivity contribution in [3.05, 3.63) is 44.8 Å². The van der Waals surface area contributed by atoms with E-state index in [1.54, 1.807) is 11.3 Å². The summed E-state index contributed by atoms with van der Waals surface area (Å²) in [5.41, 5.74) is 1.27. The van der Waals surface area contributed by atoms with Crippen molar-refractivity contribution in [1.29, 1.82) is 0 Å². The highest BCUT2D eigenvalue weighted by atomic mass is 79.9. The van der Waals surface area contributed by atoms with Crippen LogP contribution in [0.5, 0.6) is 0 Å². The van der Waals surface area contributed by atoms with Crippen molar-refractivity contribution in [3.8, 4) is 0 Å². The van der Waals surface area contributed by atoms with Gasteiger partial charge in [-0.3, -0.25) is 4.99 Å². The van der Waals surface area contributed by atoms with Gasteiger partial charge in [0.2, 0.25) is 0 Å². The predicted octanol–water partition coefficient (Wildman–Crippen LogP) is 3.16. The number of hydrogen-bond donors (Lipinski definition) is 2. The molecule has 0 radical (unpaired) electrons. The number of thiazole rings is 1. The van der Waals surface area contributed by atoms with Crippen LogP contribution in [-0.2, 0) is 6.54 Å². The number of aliphatic imine (C=N–C) groups is 1. The van der Waals surface area contributed by atoms with E-state index in [0.717, 1.165) is 41.5 Å². The molecule has 128 valence electrons. The molecule has 1 unspecified atom stereocenters. The summed E-state index contributed by atoms with van der Waals surface area (Å²) in [7, 11) is 1.81. The van der Waals surface area contributed by atoms with Crippen LogP contribution in [0.25, 0.3) is 0 Å². The quantitative estimate of drug-likeness (QED) is 0.603. The van der Waals surface area contributed by atoms with Crippen molar-refractivity contribution in [2.24, 2.45) is 4.99 Å². The maximum Gasteiger partial charge on any atom is 0.191 e. The molecule has 1 fully saturated rings. The lowest BCUT2D eigenvalue weighted by Gasteiger charge is -2.20. The van der Waals surface area contributed by atoms with Gasteiger partial charge in [0.25, 0.3) is 0 Å². The Bertz CT molecular complexity index is 697. The fourth-order valence-corrected chi connectivity index (χ4v) is 3.81. The minimum atomic E-state index is 0.406. The summed E-state index contributed by atoms with van der Waals surface area (Å²) in [6.07, 6.45) is 3.03. The van der Waals surface area contributed by atoms with Gasteiger partial charge in [-0.2, -0.15) is 0 Å². The van der Waals surface area contributed by atoms with E-state index < -0.39 is 0 Å². The van der Waals surface area contributed by atoms with Crippen LogP contribution in [0.1, 0.15) is 16.3 Å². The number of halogens is 1. The number of guanidine groups is 1. The van der Waals surface area contributed by atoms with E-state index >= 15 is 0 Å². The first kappa shape index (κ1) is 17.2. The maximum atomic E-state index is 4.34. The molecule has 0 amide bonds. The first-order valence-electron chi connectivity index (χ1n) is 8.03. The van der Waals surface area contributed by atoms with Crippen LogP contribution in [0, 0.1) is 6.92 Å². The summed E-state index contributed by atoms with van der Waals surface area (Å²) in [5, 5.41) is 7.99. The van der Waals surface area contributed by atoms with Gasteiger partial charge in [-0.05, 0) is 37.6 Å². The van der Waals surface area contributed by atoms with Crippen LogP contribution in [-0.4, -0.2) is 37.1 Å². The summed E-state index contributed by atoms with van der Waals surface area (Å²) in [6, 6.07) is 8.90. The molecule has 2 heterocycles. The third-order valence-corrected chi connectivity index (χ3v) is 5.49. The molecule has 1 aromatic heterocycles. The van der Waals surface area contributed by atoms with E-state index in [0.29, 0.717) is 6.04 Å². The minimum Gasteiger partial charge on any atom is -0.369 e. The predicted molar refractivity (Wildman–Crippen MR) is 105 cm³/mol. The van der Waals surface area contributed by atoms with Crippen LogP contribution in [0.2, 0.25) is 0 Å². The minimum absolute atomic E-state index is 0.406. The number of nitrogens with one attached hydrogen (secondary N) is 2. The van der Waals surface area contributed by atoms with E-state index in [9.17, 15) is 0 Å². The molecular weight excluding hydrogens is 386 g/mol. The molecule has 0 aliphatic carbocycles. The summed E-state index contributed by atoms with van der Waals surface area (Å²) in [6.45, 7) is 4.83. The average Bonchev–Trinajstić information content (AvgIpc) is 3.21. The lowest BCUT2D eigenvalue weighted by molar-refractivity contribution is 0.649. The number of rotatable bonds is 4. The number of benzene rings is 1. The number of aromatic nitrogens is 1. The summed E-state index contributed by atoms with van der Waals surface area (Å²) in [5.74, 6) is 0.851. The van der Waals surface area contributed by atoms with Crippen molar-refractivity contribution in [2.75, 3.05) is 25.0 Å². The van der Waals surface area contributed by atoms with Gasteiger partial charge in [0.15, 0.2) is 5.96 Å². The SMILES string of the molecule is CN=C(NCc1cnc(C)s1)NC1CCN(c2ccc(Br)cc2)C1. The second-order valence-electron chi connectivity index (χ2n) is 5.82. The second kappa shape index (κ2) is 7.98. The fraction of sp³-hybridized carbons (Fsp3) is 0.412. The zero-order chi connectivity index (χ0) is 16.9. The Hall–Kier alpha value is -1.60. The molecule has 0 spiro atoms. The van der Waals surface area contributed by atoms with Crippen molar-refractivity contribution >= 4 is 38.9 Å². The van der Waals surface area contributed by atoms with Gasteiger partial charge in [-0.1, -0.05) is 15.9 Å². The van der Waals surface area contributed by atoms with Crippen molar-refractivity contribution < 1.29 is 0 Å². The van der Waals surface area contributed by atoms with Crippen LogP contribution in [0.4, 0.5) is 5.69 Å². The molecule has 0 saturated carbocycles. The Kier molecular flexibility index (Phi) is 5.73. The smallest absolute Gasteiger partial charge is 0.191 e. The lowest BCUT2D eigenvalue weighted by atomic mass is 10.3. The standard InChI is InChI=1S/C17H22BrN5S/c1-12-20-9-16(24-12)10-21-17(19-2)22-14-7-8-23(11-14)15-5-3-13(18)4-6-15/h3-6,9,14H,7-8,10-11H2,1-2H3,(H2,19,21,22). The first-order chi connectivity index (χ1) is 11.6. The van der Waals surface area contributed by atoms with E-state index in [-0.39, 0.29) is 0 Å². The first-order valence-corrected chi connectivity index (χ1v) is 9.64. The van der Waals surface area contributed by atoms with Crippen LogP contribution in [0.3, 0.4) is 0 Å². The summed E-state index contributed by atoms with van der Waals surface area (Å²) >= 11 is 5.20. The number of nitrogens with zero attached hydrogens (tertiary/aromatic N) is 3. The molecule has 1 aliphatic rings. The Morgan fingerprint density at radius 3 is 2.88 bits per heavy atom. The number of hydrogen-bond acceptors (Lipinski definition) is 4. The van der Waals surface area contributed by atoms with Gasteiger partial charge in [-0.25, -0.2) is 4.98 Å². The molecule has 5 nitrogen and oxygen atoms in total. The molecule has 1 atom stereocenters. The molecule has 1 saturated heterocycles. The van der Waals surface area contributed by atoms with Gasteiger partial charge in [0, 0.05) is 47.4 Å². The molecular formula is C17H22BrN5S. The van der Waals surface area contributed by atoms with E-state index in [1.165, 1.54) is 10.6 Å². The molecule has 24 heavy (non-hydrogen) atoms. The normalized spacial score (nSPS) is 18.0. The number of aryl methyl sites for hydroxylation is 1. The third kappa shape index (κ3) is 4.48. The highest BCUT2D eigenvalue weighted by Gasteiger charge is 2.23. The Labute approximate surface area is 155 Å². The van der Waals surface area contributed by atoms with Crippen LogP contribution < -0.4 is 15.5 Å². The molecule has 1 aromatic carbocycles. The average molecular weight is 408 g/mol. The Balaban J connectivity index is 1.50. The molecule has 2 N–H and O–H groups in total. The highest BCUT2D eigenvalue weighted by Crippen LogP contribution is 2.22. The van der Waals surface area contributed by atoms with Gasteiger partial charge in [-0.15, -0.1) is 11.3 Å². The van der Waals surface area contributed by atoms with Gasteiger partial charge >= 0.3 is 0 Å². The van der Waals surface area contributed by atoms with Gasteiger partial charge in [0.1, 0.15) is 0 Å². The topological polar surface area (TPSA) is 52.6 Å². The largest absolute Gasteiger partial charge is 0.369 e. The zero-order valence-corrected chi connectivity index (χ0v) is 16.3. The molecule has 7 heteroatoms. The third-order valence-electron chi connectivity index (χ3n) is 4.04. The number of anilines is 1. The van der Waals surface area contributed by atoms with Crippen molar-refractivity contribution in [3.63, 3.8) is 0 Å². The van der Waals surface area contributed by atoms with E-state index in [2.05, 4.69) is 65.7 Å². The Morgan fingerprint density at radius 1 is 1.42 bits per heavy atom. The molecule has 2 aromatic rings. The Morgan fingerprint density at radius 2 is 2.21 bits per heavy atom. The monoisotopic (exact) mass is 407 g/mol. The summed E-state index contributed by atoms with van der Waals surface area (Å²) < 4.78 is 1.11. The van der Waals surface area contributed by atoms with Gasteiger partial charge < -0.3 is 15.5 Å². The van der Waals surface area contributed by atoms with Crippen molar-refractivity contribution in [1.82, 2.24) is 15.6 Å². The van der Waals surface area contributed by atoms with Gasteiger partial charge in [0.05, 0.1) is 11.6 Å². The van der Waals surface area contributed by atoms with Crippen molar-refractivity contribution in [2.45, 2.75) is 25.9 Å². The highest BCUT2D eigenvalue weighted by molar-refractivity contribution is 9.10. The zero-order valence-electron chi connectivity index (χ0n) is 13.9. The molecule has 0 bridgehead atoms. The molecule has 3 rings (SSSR count). The van der Waals surface area contributed by atoms with Crippen LogP contribution in [0.15, 0.2) is 39.9 Å². The molecule has 1 aliphatic heterocycles. The van der Waals surface area contributed by atoms with E-state index in [4.69, 9.17) is 0 Å². The lowest BCUT2D eigenvalue weighted by Crippen LogP contribution is -2.44. The summed E-state index contributed by atoms with van der Waals surface area (Å²) in [4.78, 5) is 12.2. The maximum absolute atomic E-state index is 4.34. The van der Waals surface area contributed by atoms with E-state index in [1.807, 2.05) is 20.2 Å². The van der Waals surface area contributed by atoms with Crippen LogP contribution >= 0.6 is 27.3 Å². The fourth-order valence-electron chi connectivity index (χ4n) is 2.81.